The van der Waals surface area contributed by atoms with Gasteiger partial charge in [0.2, 0.25) is 0 Å². The third-order valence-corrected chi connectivity index (χ3v) is 4.14. The molecule has 0 atom stereocenters. The van der Waals surface area contributed by atoms with E-state index in [0.717, 1.165) is 17.7 Å². The Bertz CT molecular complexity index is 992. The van der Waals surface area contributed by atoms with Gasteiger partial charge in [-0.3, -0.25) is 9.59 Å². The number of hydrogen-bond donors (Lipinski definition) is 1. The molecule has 1 aromatic heterocycles. The number of rotatable bonds is 7. The lowest BCUT2D eigenvalue weighted by Gasteiger charge is -2.08. The maximum Gasteiger partial charge on any atom is 0.287 e. The van der Waals surface area contributed by atoms with Gasteiger partial charge in [-0.05, 0) is 48.4 Å². The molecule has 3 aromatic rings. The summed E-state index contributed by atoms with van der Waals surface area (Å²) in [6.07, 6.45) is 0.825. The fourth-order valence-electron chi connectivity index (χ4n) is 2.63. The molecule has 6 nitrogen and oxygen atoms in total. The van der Waals surface area contributed by atoms with E-state index in [2.05, 4.69) is 5.32 Å². The molecule has 2 aromatic carbocycles. The molecule has 1 N–H and O–H groups in total. The van der Waals surface area contributed by atoms with Crippen molar-refractivity contribution in [3.63, 3.8) is 0 Å². The predicted molar refractivity (Wildman–Crippen MR) is 103 cm³/mol. The van der Waals surface area contributed by atoms with E-state index in [9.17, 15) is 9.59 Å². The van der Waals surface area contributed by atoms with E-state index in [0.29, 0.717) is 16.7 Å². The molecule has 0 radical (unpaired) electrons. The van der Waals surface area contributed by atoms with Gasteiger partial charge < -0.3 is 19.2 Å². The van der Waals surface area contributed by atoms with Gasteiger partial charge in [-0.1, -0.05) is 13.0 Å². The van der Waals surface area contributed by atoms with E-state index in [1.54, 1.807) is 43.5 Å². The first kappa shape index (κ1) is 18.5. The highest BCUT2D eigenvalue weighted by Gasteiger charge is 2.12. The van der Waals surface area contributed by atoms with Gasteiger partial charge in [0.15, 0.2) is 11.2 Å². The van der Waals surface area contributed by atoms with Crippen molar-refractivity contribution in [2.75, 3.05) is 20.3 Å². The van der Waals surface area contributed by atoms with Gasteiger partial charge in [-0.2, -0.15) is 0 Å². The van der Waals surface area contributed by atoms with Crippen molar-refractivity contribution < 1.29 is 18.7 Å². The Labute approximate surface area is 156 Å². The Kier molecular flexibility index (Phi) is 5.76. The molecule has 27 heavy (non-hydrogen) atoms. The van der Waals surface area contributed by atoms with Crippen LogP contribution in [0, 0.1) is 0 Å². The van der Waals surface area contributed by atoms with E-state index in [1.165, 1.54) is 6.07 Å². The standard InChI is InChI=1S/C21H21NO5/c1-3-14-4-9-19-17(12-14)18(23)13-20(27-19)21(24)22-10-11-26-16-7-5-15(25-2)6-8-16/h4-9,12-13H,3,10-11H2,1-2H3,(H,22,24). The molecule has 0 fully saturated rings. The van der Waals surface area contributed by atoms with Gasteiger partial charge in [0.25, 0.3) is 5.91 Å². The molecule has 0 bridgehead atoms. The van der Waals surface area contributed by atoms with E-state index < -0.39 is 5.91 Å². The quantitative estimate of drug-likeness (QED) is 0.649. The lowest BCUT2D eigenvalue weighted by atomic mass is 10.1. The van der Waals surface area contributed by atoms with E-state index in [4.69, 9.17) is 13.9 Å². The zero-order chi connectivity index (χ0) is 19.2. The van der Waals surface area contributed by atoms with Crippen molar-refractivity contribution in [2.24, 2.45) is 0 Å². The van der Waals surface area contributed by atoms with Crippen LogP contribution < -0.4 is 20.2 Å². The predicted octanol–water partition coefficient (Wildman–Crippen LogP) is 3.17. The number of amides is 1. The van der Waals surface area contributed by atoms with Crippen LogP contribution in [-0.4, -0.2) is 26.2 Å². The Balaban J connectivity index is 1.59. The summed E-state index contributed by atoms with van der Waals surface area (Å²) in [7, 11) is 1.60. The van der Waals surface area contributed by atoms with E-state index in [1.807, 2.05) is 13.0 Å². The Morgan fingerprint density at radius 2 is 1.81 bits per heavy atom. The third kappa shape index (κ3) is 4.47. The van der Waals surface area contributed by atoms with Crippen molar-refractivity contribution >= 4 is 16.9 Å². The summed E-state index contributed by atoms with van der Waals surface area (Å²) >= 11 is 0. The number of benzene rings is 2. The molecular formula is C21H21NO5. The van der Waals surface area contributed by atoms with Crippen molar-refractivity contribution in [2.45, 2.75) is 13.3 Å². The zero-order valence-electron chi connectivity index (χ0n) is 15.3. The van der Waals surface area contributed by atoms with Gasteiger partial charge >= 0.3 is 0 Å². The highest BCUT2D eigenvalue weighted by atomic mass is 16.5. The second-order valence-electron chi connectivity index (χ2n) is 5.94. The summed E-state index contributed by atoms with van der Waals surface area (Å²) in [6, 6.07) is 13.8. The minimum absolute atomic E-state index is 0.0128. The maximum absolute atomic E-state index is 12.3. The largest absolute Gasteiger partial charge is 0.497 e. The van der Waals surface area contributed by atoms with Gasteiger partial charge in [0, 0.05) is 6.07 Å². The van der Waals surface area contributed by atoms with Crippen molar-refractivity contribution in [1.82, 2.24) is 5.32 Å². The van der Waals surface area contributed by atoms with Gasteiger partial charge in [0.05, 0.1) is 19.0 Å². The fraction of sp³-hybridized carbons (Fsp3) is 0.238. The molecule has 0 aliphatic rings. The average Bonchev–Trinajstić information content (AvgIpc) is 2.71. The average molecular weight is 367 g/mol. The maximum atomic E-state index is 12.3. The molecule has 1 heterocycles. The van der Waals surface area contributed by atoms with Gasteiger partial charge in [-0.25, -0.2) is 0 Å². The van der Waals surface area contributed by atoms with Crippen LogP contribution in [0.2, 0.25) is 0 Å². The normalized spacial score (nSPS) is 10.6. The highest BCUT2D eigenvalue weighted by Crippen LogP contribution is 2.17. The fourth-order valence-corrected chi connectivity index (χ4v) is 2.63. The minimum Gasteiger partial charge on any atom is -0.497 e. The number of fused-ring (bicyclic) bond motifs is 1. The molecule has 140 valence electrons. The topological polar surface area (TPSA) is 77.8 Å². The monoisotopic (exact) mass is 367 g/mol. The van der Waals surface area contributed by atoms with Crippen LogP contribution in [0.4, 0.5) is 0 Å². The molecule has 1 amide bonds. The van der Waals surface area contributed by atoms with Crippen LogP contribution >= 0.6 is 0 Å². The zero-order valence-corrected chi connectivity index (χ0v) is 15.3. The number of carbonyl (C=O) groups is 1. The van der Waals surface area contributed by atoms with Gasteiger partial charge in [-0.15, -0.1) is 0 Å². The second-order valence-corrected chi connectivity index (χ2v) is 5.94. The molecule has 0 aliphatic heterocycles. The van der Waals surface area contributed by atoms with E-state index in [-0.39, 0.29) is 24.3 Å². The van der Waals surface area contributed by atoms with Crippen molar-refractivity contribution in [3.8, 4) is 11.5 Å². The van der Waals surface area contributed by atoms with Gasteiger partial charge in [0.1, 0.15) is 23.7 Å². The number of aryl methyl sites for hydroxylation is 1. The van der Waals surface area contributed by atoms with Crippen LogP contribution in [-0.2, 0) is 6.42 Å². The first-order valence-electron chi connectivity index (χ1n) is 8.72. The summed E-state index contributed by atoms with van der Waals surface area (Å²) in [5.74, 6) is 0.954. The Hall–Kier alpha value is -3.28. The number of carbonyl (C=O) groups excluding carboxylic acids is 1. The second kappa shape index (κ2) is 8.40. The molecule has 6 heteroatoms. The molecule has 0 saturated carbocycles. The lowest BCUT2D eigenvalue weighted by molar-refractivity contribution is 0.0920. The molecular weight excluding hydrogens is 346 g/mol. The van der Waals surface area contributed by atoms with Crippen LogP contribution in [0.1, 0.15) is 23.0 Å². The Morgan fingerprint density at radius 3 is 2.52 bits per heavy atom. The molecule has 0 spiro atoms. The lowest BCUT2D eigenvalue weighted by Crippen LogP contribution is -2.28. The number of ether oxygens (including phenoxy) is 2. The van der Waals surface area contributed by atoms with Crippen LogP contribution in [0.5, 0.6) is 11.5 Å². The molecule has 3 rings (SSSR count). The van der Waals surface area contributed by atoms with E-state index >= 15 is 0 Å². The SMILES string of the molecule is CCc1ccc2oc(C(=O)NCCOc3ccc(OC)cc3)cc(=O)c2c1. The van der Waals surface area contributed by atoms with Crippen LogP contribution in [0.15, 0.2) is 57.7 Å². The molecule has 0 unspecified atom stereocenters. The Morgan fingerprint density at radius 1 is 1.07 bits per heavy atom. The number of nitrogens with one attached hydrogen (secondary N) is 1. The first-order valence-corrected chi connectivity index (χ1v) is 8.72. The number of hydrogen-bond acceptors (Lipinski definition) is 5. The molecule has 0 saturated heterocycles. The summed E-state index contributed by atoms with van der Waals surface area (Å²) in [6.45, 7) is 2.58. The molecule has 0 aliphatic carbocycles. The summed E-state index contributed by atoms with van der Waals surface area (Å²) in [4.78, 5) is 24.5. The van der Waals surface area contributed by atoms with Crippen molar-refractivity contribution in [3.05, 3.63) is 70.1 Å². The first-order chi connectivity index (χ1) is 13.1. The smallest absolute Gasteiger partial charge is 0.287 e. The van der Waals surface area contributed by atoms with Crippen molar-refractivity contribution in [1.29, 1.82) is 0 Å². The van der Waals surface area contributed by atoms with Crippen LogP contribution in [0.3, 0.4) is 0 Å². The minimum atomic E-state index is -0.452. The number of methoxy groups -OCH3 is 1. The summed E-state index contributed by atoms with van der Waals surface area (Å²) in [5, 5.41) is 3.17. The summed E-state index contributed by atoms with van der Waals surface area (Å²) in [5.41, 5.74) is 1.22. The van der Waals surface area contributed by atoms with Crippen LogP contribution in [0.25, 0.3) is 11.0 Å². The summed E-state index contributed by atoms with van der Waals surface area (Å²) < 4.78 is 16.2. The third-order valence-electron chi connectivity index (χ3n) is 4.14. The highest BCUT2D eigenvalue weighted by molar-refractivity contribution is 5.93.